The first kappa shape index (κ1) is 12.8. The molecule has 1 amide bonds. The van der Waals surface area contributed by atoms with E-state index < -0.39 is 0 Å². The van der Waals surface area contributed by atoms with Gasteiger partial charge in [-0.3, -0.25) is 4.79 Å². The third-order valence-corrected chi connectivity index (χ3v) is 3.68. The molecule has 2 saturated heterocycles. The van der Waals surface area contributed by atoms with E-state index in [9.17, 15) is 4.79 Å². The van der Waals surface area contributed by atoms with Crippen LogP contribution in [0.25, 0.3) is 0 Å². The molecule has 4 unspecified atom stereocenters. The lowest BCUT2D eigenvalue weighted by atomic mass is 10.0. The number of carbonyl (C=O) groups excluding carboxylic acids is 1. The average molecular weight is 242 g/mol. The minimum atomic E-state index is -0.269. The zero-order valence-corrected chi connectivity index (χ0v) is 10.6. The fourth-order valence-electron chi connectivity index (χ4n) is 2.44. The van der Waals surface area contributed by atoms with Gasteiger partial charge in [-0.05, 0) is 19.3 Å². The fourth-order valence-corrected chi connectivity index (χ4v) is 2.44. The van der Waals surface area contributed by atoms with Gasteiger partial charge in [0.1, 0.15) is 6.10 Å². The Morgan fingerprint density at radius 2 is 2.18 bits per heavy atom. The first-order valence-corrected chi connectivity index (χ1v) is 6.37. The van der Waals surface area contributed by atoms with Gasteiger partial charge in [0.25, 0.3) is 5.91 Å². The molecule has 2 rings (SSSR count). The van der Waals surface area contributed by atoms with Crippen LogP contribution < -0.4 is 5.73 Å². The molecule has 17 heavy (non-hydrogen) atoms. The predicted molar refractivity (Wildman–Crippen MR) is 63.5 cm³/mol. The van der Waals surface area contributed by atoms with Crippen LogP contribution >= 0.6 is 0 Å². The summed E-state index contributed by atoms with van der Waals surface area (Å²) in [7, 11) is 0. The van der Waals surface area contributed by atoms with E-state index >= 15 is 0 Å². The molecule has 98 valence electrons. The van der Waals surface area contributed by atoms with Crippen molar-refractivity contribution < 1.29 is 14.3 Å². The summed E-state index contributed by atoms with van der Waals surface area (Å²) in [6.07, 6.45) is 0.663. The maximum absolute atomic E-state index is 12.4. The van der Waals surface area contributed by atoms with Crippen LogP contribution in [0.4, 0.5) is 0 Å². The number of nitrogens with zero attached hydrogens (tertiary/aromatic N) is 1. The molecule has 0 saturated carbocycles. The van der Waals surface area contributed by atoms with Gasteiger partial charge in [0.2, 0.25) is 0 Å². The largest absolute Gasteiger partial charge is 0.373 e. The Bertz CT molecular complexity index is 285. The van der Waals surface area contributed by atoms with Gasteiger partial charge >= 0.3 is 0 Å². The van der Waals surface area contributed by atoms with Gasteiger partial charge in [-0.2, -0.15) is 0 Å². The molecule has 2 aliphatic rings. The van der Waals surface area contributed by atoms with E-state index in [-0.39, 0.29) is 24.2 Å². The van der Waals surface area contributed by atoms with E-state index in [1.54, 1.807) is 0 Å². The summed E-state index contributed by atoms with van der Waals surface area (Å²) in [4.78, 5) is 14.3. The monoisotopic (exact) mass is 242 g/mol. The zero-order valence-electron chi connectivity index (χ0n) is 10.6. The van der Waals surface area contributed by atoms with Gasteiger partial charge in [0.05, 0.1) is 18.8 Å². The van der Waals surface area contributed by atoms with Crippen molar-refractivity contribution in [3.63, 3.8) is 0 Å². The molecule has 0 radical (unpaired) electrons. The van der Waals surface area contributed by atoms with Crippen molar-refractivity contribution >= 4 is 5.91 Å². The molecule has 2 fully saturated rings. The summed E-state index contributed by atoms with van der Waals surface area (Å²) in [5, 5.41) is 0. The molecule has 0 aromatic carbocycles. The molecule has 0 aromatic rings. The number of hydrogen-bond acceptors (Lipinski definition) is 4. The zero-order chi connectivity index (χ0) is 12.4. The second-order valence-corrected chi connectivity index (χ2v) is 5.09. The molecular formula is C12H22N2O3. The lowest BCUT2D eigenvalue weighted by Gasteiger charge is -2.39. The van der Waals surface area contributed by atoms with Crippen LogP contribution in [-0.2, 0) is 14.3 Å². The van der Waals surface area contributed by atoms with Crippen molar-refractivity contribution in [1.82, 2.24) is 4.90 Å². The molecule has 2 N–H and O–H groups in total. The highest BCUT2D eigenvalue weighted by molar-refractivity contribution is 5.82. The second kappa shape index (κ2) is 5.33. The van der Waals surface area contributed by atoms with Gasteiger partial charge in [-0.15, -0.1) is 0 Å². The van der Waals surface area contributed by atoms with Gasteiger partial charge in [-0.25, -0.2) is 0 Å². The molecular weight excluding hydrogens is 220 g/mol. The number of carbonyl (C=O) groups is 1. The summed E-state index contributed by atoms with van der Waals surface area (Å²) in [6.45, 7) is 6.37. The molecule has 5 heteroatoms. The molecule has 2 aliphatic heterocycles. The Labute approximate surface area is 102 Å². The predicted octanol–water partition coefficient (Wildman–Crippen LogP) is -0.0140. The Morgan fingerprint density at radius 1 is 1.41 bits per heavy atom. The minimum Gasteiger partial charge on any atom is -0.373 e. The Kier molecular flexibility index (Phi) is 4.01. The van der Waals surface area contributed by atoms with Crippen molar-refractivity contribution in [2.45, 2.75) is 38.5 Å². The lowest BCUT2D eigenvalue weighted by Crippen LogP contribution is -2.56. The summed E-state index contributed by atoms with van der Waals surface area (Å²) in [5.74, 6) is 0.415. The van der Waals surface area contributed by atoms with E-state index in [0.29, 0.717) is 32.2 Å². The van der Waals surface area contributed by atoms with E-state index in [1.165, 1.54) is 0 Å². The van der Waals surface area contributed by atoms with Crippen LogP contribution in [0.3, 0.4) is 0 Å². The number of morpholine rings is 1. The van der Waals surface area contributed by atoms with Crippen LogP contribution in [-0.4, -0.2) is 55.4 Å². The normalized spacial score (nSPS) is 38.4. The maximum Gasteiger partial charge on any atom is 0.252 e. The highest BCUT2D eigenvalue weighted by atomic mass is 16.5. The van der Waals surface area contributed by atoms with E-state index in [0.717, 1.165) is 6.42 Å². The summed E-state index contributed by atoms with van der Waals surface area (Å²) in [5.41, 5.74) is 5.60. The quantitative estimate of drug-likeness (QED) is 0.739. The van der Waals surface area contributed by atoms with Crippen molar-refractivity contribution in [2.24, 2.45) is 11.7 Å². The Morgan fingerprint density at radius 3 is 2.76 bits per heavy atom. The highest BCUT2D eigenvalue weighted by Gasteiger charge is 2.38. The highest BCUT2D eigenvalue weighted by Crippen LogP contribution is 2.24. The van der Waals surface area contributed by atoms with Crippen LogP contribution in [0.2, 0.25) is 0 Å². The van der Waals surface area contributed by atoms with Crippen LogP contribution in [0.1, 0.15) is 20.3 Å². The third-order valence-electron chi connectivity index (χ3n) is 3.68. The number of ether oxygens (including phenoxy) is 2. The number of rotatable bonds is 2. The first-order valence-electron chi connectivity index (χ1n) is 6.37. The standard InChI is InChI=1S/C12H22N2O3/c1-8-3-4-16-11(8)12(15)14-6-10(5-13)17-7-9(14)2/h8-11H,3-7,13H2,1-2H3. The summed E-state index contributed by atoms with van der Waals surface area (Å²) in [6, 6.07) is 0.113. The smallest absolute Gasteiger partial charge is 0.252 e. The SMILES string of the molecule is CC1CCOC1C(=O)N1CC(CN)OCC1C. The number of nitrogens with two attached hydrogens (primary N) is 1. The molecule has 2 heterocycles. The fraction of sp³-hybridized carbons (Fsp3) is 0.917. The summed E-state index contributed by atoms with van der Waals surface area (Å²) >= 11 is 0. The Balaban J connectivity index is 2.01. The van der Waals surface area contributed by atoms with Crippen LogP contribution in [0.5, 0.6) is 0 Å². The third kappa shape index (κ3) is 2.61. The van der Waals surface area contributed by atoms with E-state index in [2.05, 4.69) is 6.92 Å². The molecule has 5 nitrogen and oxygen atoms in total. The van der Waals surface area contributed by atoms with Crippen molar-refractivity contribution in [3.8, 4) is 0 Å². The molecule has 0 spiro atoms. The van der Waals surface area contributed by atoms with Crippen LogP contribution in [0.15, 0.2) is 0 Å². The molecule has 4 atom stereocenters. The van der Waals surface area contributed by atoms with Gasteiger partial charge in [0.15, 0.2) is 0 Å². The average Bonchev–Trinajstić information content (AvgIpc) is 2.75. The van der Waals surface area contributed by atoms with Gasteiger partial charge in [0, 0.05) is 19.7 Å². The van der Waals surface area contributed by atoms with Crippen molar-refractivity contribution in [2.75, 3.05) is 26.3 Å². The minimum absolute atomic E-state index is 0.0353. The van der Waals surface area contributed by atoms with Crippen LogP contribution in [0, 0.1) is 5.92 Å². The second-order valence-electron chi connectivity index (χ2n) is 5.09. The molecule has 0 aromatic heterocycles. The van der Waals surface area contributed by atoms with E-state index in [4.69, 9.17) is 15.2 Å². The van der Waals surface area contributed by atoms with Crippen molar-refractivity contribution in [3.05, 3.63) is 0 Å². The van der Waals surface area contributed by atoms with Crippen molar-refractivity contribution in [1.29, 1.82) is 0 Å². The number of hydrogen-bond donors (Lipinski definition) is 1. The molecule has 0 aliphatic carbocycles. The lowest BCUT2D eigenvalue weighted by molar-refractivity contribution is -0.154. The van der Waals surface area contributed by atoms with Gasteiger partial charge < -0.3 is 20.1 Å². The maximum atomic E-state index is 12.4. The topological polar surface area (TPSA) is 64.8 Å². The first-order chi connectivity index (χ1) is 8.13. The molecule has 0 bridgehead atoms. The number of amides is 1. The summed E-state index contributed by atoms with van der Waals surface area (Å²) < 4.78 is 11.1. The van der Waals surface area contributed by atoms with E-state index in [1.807, 2.05) is 11.8 Å². The van der Waals surface area contributed by atoms with Gasteiger partial charge in [-0.1, -0.05) is 6.92 Å². The Hall–Kier alpha value is -0.650.